The third-order valence-corrected chi connectivity index (χ3v) is 3.99. The van der Waals surface area contributed by atoms with E-state index in [1.165, 1.54) is 11.3 Å². The van der Waals surface area contributed by atoms with Crippen molar-refractivity contribution in [1.29, 1.82) is 0 Å². The molecule has 1 heterocycles. The van der Waals surface area contributed by atoms with E-state index >= 15 is 0 Å². The van der Waals surface area contributed by atoms with Crippen molar-refractivity contribution in [3.05, 3.63) is 21.3 Å². The van der Waals surface area contributed by atoms with Crippen LogP contribution in [0, 0.1) is 0 Å². The van der Waals surface area contributed by atoms with Crippen LogP contribution in [-0.4, -0.2) is 31.1 Å². The largest absolute Gasteiger partial charge is 0.317 e. The van der Waals surface area contributed by atoms with E-state index in [0.717, 1.165) is 24.0 Å². The lowest BCUT2D eigenvalue weighted by molar-refractivity contribution is 0.239. The van der Waals surface area contributed by atoms with Crippen LogP contribution in [0.25, 0.3) is 0 Å². The molecule has 0 saturated heterocycles. The first-order chi connectivity index (χ1) is 7.63. The Morgan fingerprint density at radius 2 is 2.25 bits per heavy atom. The number of hydrogen-bond acceptors (Lipinski definition) is 3. The number of hydrogen-bond donors (Lipinski definition) is 1. The second-order valence-corrected chi connectivity index (χ2v) is 5.91. The molecule has 0 amide bonds. The van der Waals surface area contributed by atoms with Gasteiger partial charge in [0.15, 0.2) is 0 Å². The first-order valence-electron chi connectivity index (χ1n) is 5.78. The lowest BCUT2D eigenvalue weighted by Gasteiger charge is -2.24. The van der Waals surface area contributed by atoms with Crippen LogP contribution in [0.2, 0.25) is 4.34 Å². The summed E-state index contributed by atoms with van der Waals surface area (Å²) in [6.07, 6.45) is 1.18. The molecule has 0 spiro atoms. The number of nitrogens with zero attached hydrogens (tertiary/aromatic N) is 1. The summed E-state index contributed by atoms with van der Waals surface area (Å²) >= 11 is 7.59. The summed E-state index contributed by atoms with van der Waals surface area (Å²) in [7, 11) is 2.17. The molecular formula is C12H21ClN2S. The van der Waals surface area contributed by atoms with Gasteiger partial charge in [0, 0.05) is 17.5 Å². The predicted octanol–water partition coefficient (Wildman–Crippen LogP) is 3.22. The van der Waals surface area contributed by atoms with Crippen molar-refractivity contribution in [1.82, 2.24) is 10.2 Å². The molecule has 1 rings (SSSR count). The van der Waals surface area contributed by atoms with Crippen LogP contribution in [0.15, 0.2) is 12.1 Å². The Balaban J connectivity index is 2.30. The molecule has 1 unspecified atom stereocenters. The molecule has 1 aromatic rings. The molecule has 0 fully saturated rings. The molecule has 0 radical (unpaired) electrons. The van der Waals surface area contributed by atoms with E-state index in [-0.39, 0.29) is 0 Å². The molecule has 0 bridgehead atoms. The average Bonchev–Trinajstić information content (AvgIpc) is 2.64. The summed E-state index contributed by atoms with van der Waals surface area (Å²) in [5.41, 5.74) is 0. The van der Waals surface area contributed by atoms with E-state index in [4.69, 9.17) is 11.6 Å². The van der Waals surface area contributed by atoms with Gasteiger partial charge in [-0.2, -0.15) is 0 Å². The number of rotatable bonds is 7. The zero-order valence-corrected chi connectivity index (χ0v) is 11.9. The van der Waals surface area contributed by atoms with Crippen molar-refractivity contribution < 1.29 is 0 Å². The van der Waals surface area contributed by atoms with E-state index in [9.17, 15) is 0 Å². The van der Waals surface area contributed by atoms with E-state index in [2.05, 4.69) is 37.2 Å². The van der Waals surface area contributed by atoms with Gasteiger partial charge < -0.3 is 5.32 Å². The van der Waals surface area contributed by atoms with Crippen molar-refractivity contribution in [2.75, 3.05) is 20.1 Å². The Morgan fingerprint density at radius 3 is 2.81 bits per heavy atom. The Morgan fingerprint density at radius 1 is 1.50 bits per heavy atom. The quantitative estimate of drug-likeness (QED) is 0.758. The highest BCUT2D eigenvalue weighted by Crippen LogP contribution is 2.23. The first kappa shape index (κ1) is 14.0. The first-order valence-corrected chi connectivity index (χ1v) is 6.98. The fraction of sp³-hybridized carbons (Fsp3) is 0.667. The fourth-order valence-corrected chi connectivity index (χ4v) is 2.70. The van der Waals surface area contributed by atoms with Gasteiger partial charge in [0.1, 0.15) is 0 Å². The monoisotopic (exact) mass is 260 g/mol. The lowest BCUT2D eigenvalue weighted by atomic mass is 10.2. The van der Waals surface area contributed by atoms with Gasteiger partial charge in [-0.15, -0.1) is 11.3 Å². The van der Waals surface area contributed by atoms with Crippen molar-refractivity contribution in [2.24, 2.45) is 0 Å². The Kier molecular flexibility index (Phi) is 6.36. The van der Waals surface area contributed by atoms with E-state index in [1.807, 2.05) is 6.07 Å². The van der Waals surface area contributed by atoms with Gasteiger partial charge in [0.25, 0.3) is 0 Å². The lowest BCUT2D eigenvalue weighted by Crippen LogP contribution is -2.31. The third kappa shape index (κ3) is 4.83. The van der Waals surface area contributed by atoms with Crippen LogP contribution in [0.4, 0.5) is 0 Å². The minimum absolute atomic E-state index is 0.597. The topological polar surface area (TPSA) is 15.3 Å². The van der Waals surface area contributed by atoms with Gasteiger partial charge in [0.2, 0.25) is 0 Å². The molecule has 2 nitrogen and oxygen atoms in total. The standard InChI is InChI=1S/C12H21ClN2S/c1-4-14-8-7-10(2)15(3)9-11-5-6-12(13)16-11/h5-6,10,14H,4,7-9H2,1-3H3. The molecule has 0 aromatic carbocycles. The molecule has 1 N–H and O–H groups in total. The van der Waals surface area contributed by atoms with Crippen LogP contribution in [-0.2, 0) is 6.54 Å². The van der Waals surface area contributed by atoms with Gasteiger partial charge in [0.05, 0.1) is 4.34 Å². The molecule has 0 aliphatic rings. The highest BCUT2D eigenvalue weighted by atomic mass is 35.5. The molecule has 92 valence electrons. The maximum atomic E-state index is 5.92. The summed E-state index contributed by atoms with van der Waals surface area (Å²) in [4.78, 5) is 3.71. The second-order valence-electron chi connectivity index (χ2n) is 4.11. The van der Waals surface area contributed by atoms with Crippen LogP contribution in [0.3, 0.4) is 0 Å². The third-order valence-electron chi connectivity index (χ3n) is 2.78. The molecular weight excluding hydrogens is 240 g/mol. The minimum Gasteiger partial charge on any atom is -0.317 e. The highest BCUT2D eigenvalue weighted by molar-refractivity contribution is 7.16. The van der Waals surface area contributed by atoms with Gasteiger partial charge in [-0.1, -0.05) is 18.5 Å². The maximum absolute atomic E-state index is 5.92. The summed E-state index contributed by atoms with van der Waals surface area (Å²) < 4.78 is 0.878. The van der Waals surface area contributed by atoms with Crippen molar-refractivity contribution >= 4 is 22.9 Å². The Labute approximate surface area is 108 Å². The number of nitrogens with one attached hydrogen (secondary N) is 1. The summed E-state index contributed by atoms with van der Waals surface area (Å²) in [5.74, 6) is 0. The summed E-state index contributed by atoms with van der Waals surface area (Å²) in [5, 5.41) is 3.36. The molecule has 1 aromatic heterocycles. The van der Waals surface area contributed by atoms with E-state index < -0.39 is 0 Å². The number of thiophene rings is 1. The van der Waals surface area contributed by atoms with Crippen molar-refractivity contribution in [2.45, 2.75) is 32.9 Å². The molecule has 1 atom stereocenters. The van der Waals surface area contributed by atoms with Crippen molar-refractivity contribution in [3.63, 3.8) is 0 Å². The molecule has 4 heteroatoms. The van der Waals surface area contributed by atoms with E-state index in [0.29, 0.717) is 6.04 Å². The van der Waals surface area contributed by atoms with Gasteiger partial charge >= 0.3 is 0 Å². The average molecular weight is 261 g/mol. The van der Waals surface area contributed by atoms with Crippen molar-refractivity contribution in [3.8, 4) is 0 Å². The molecule has 0 aliphatic carbocycles. The van der Waals surface area contributed by atoms with E-state index in [1.54, 1.807) is 11.3 Å². The predicted molar refractivity (Wildman–Crippen MR) is 73.4 cm³/mol. The SMILES string of the molecule is CCNCCC(C)N(C)Cc1ccc(Cl)s1. The smallest absolute Gasteiger partial charge is 0.0931 e. The summed E-state index contributed by atoms with van der Waals surface area (Å²) in [6.45, 7) is 7.55. The molecule has 16 heavy (non-hydrogen) atoms. The highest BCUT2D eigenvalue weighted by Gasteiger charge is 2.10. The van der Waals surface area contributed by atoms with Gasteiger partial charge in [-0.05, 0) is 45.6 Å². The van der Waals surface area contributed by atoms with Crippen LogP contribution in [0.1, 0.15) is 25.1 Å². The van der Waals surface area contributed by atoms with Gasteiger partial charge in [-0.25, -0.2) is 0 Å². The van der Waals surface area contributed by atoms with Crippen LogP contribution >= 0.6 is 22.9 Å². The fourth-order valence-electron chi connectivity index (χ4n) is 1.55. The van der Waals surface area contributed by atoms with Crippen LogP contribution < -0.4 is 5.32 Å². The molecule has 0 saturated carbocycles. The zero-order valence-electron chi connectivity index (χ0n) is 10.3. The summed E-state index contributed by atoms with van der Waals surface area (Å²) in [6, 6.07) is 4.68. The Bertz CT molecular complexity index is 301. The van der Waals surface area contributed by atoms with Crippen LogP contribution in [0.5, 0.6) is 0 Å². The second kappa shape index (κ2) is 7.28. The van der Waals surface area contributed by atoms with Gasteiger partial charge in [-0.3, -0.25) is 4.90 Å². The zero-order chi connectivity index (χ0) is 12.0. The maximum Gasteiger partial charge on any atom is 0.0931 e. The minimum atomic E-state index is 0.597. The number of halogens is 1. The molecule has 0 aliphatic heterocycles. The Hall–Kier alpha value is -0.0900. The normalized spacial score (nSPS) is 13.3.